The van der Waals surface area contributed by atoms with E-state index in [0.717, 1.165) is 5.56 Å². The first-order valence-corrected chi connectivity index (χ1v) is 5.61. The maximum Gasteiger partial charge on any atom is 0.156 e. The molecule has 92 valence electrons. The van der Waals surface area contributed by atoms with Gasteiger partial charge in [-0.2, -0.15) is 0 Å². The molecule has 3 heteroatoms. The van der Waals surface area contributed by atoms with E-state index in [9.17, 15) is 4.39 Å². The standard InChI is InChI=1S/C14H17FO2/c1-4-16-12(3)17-7-5-6-13-8-11(2)9-14(15)10-13/h8-10,12H,4,7H2,1-3H3. The Balaban J connectivity index is 2.48. The SMILES string of the molecule is CCOC(C)OCC#Cc1cc(C)cc(F)c1. The van der Waals surface area contributed by atoms with Gasteiger partial charge in [-0.15, -0.1) is 0 Å². The lowest BCUT2D eigenvalue weighted by Gasteiger charge is -2.09. The lowest BCUT2D eigenvalue weighted by atomic mass is 10.1. The highest BCUT2D eigenvalue weighted by Gasteiger charge is 1.97. The normalized spacial score (nSPS) is 11.8. The second-order valence-electron chi connectivity index (χ2n) is 3.65. The second kappa shape index (κ2) is 7.05. The van der Waals surface area contributed by atoms with Gasteiger partial charge in [0, 0.05) is 12.2 Å². The van der Waals surface area contributed by atoms with Crippen molar-refractivity contribution in [1.29, 1.82) is 0 Å². The predicted octanol–water partition coefficient (Wildman–Crippen LogP) is 2.88. The Morgan fingerprint density at radius 1 is 1.29 bits per heavy atom. The van der Waals surface area contributed by atoms with Crippen molar-refractivity contribution in [2.75, 3.05) is 13.2 Å². The Bertz CT molecular complexity index is 398. The molecule has 0 heterocycles. The zero-order valence-corrected chi connectivity index (χ0v) is 10.4. The van der Waals surface area contributed by atoms with Crippen molar-refractivity contribution in [2.24, 2.45) is 0 Å². The molecule has 0 aliphatic carbocycles. The van der Waals surface area contributed by atoms with Crippen LogP contribution in [-0.4, -0.2) is 19.5 Å². The van der Waals surface area contributed by atoms with Gasteiger partial charge < -0.3 is 9.47 Å². The summed E-state index contributed by atoms with van der Waals surface area (Å²) >= 11 is 0. The highest BCUT2D eigenvalue weighted by molar-refractivity contribution is 5.37. The van der Waals surface area contributed by atoms with Crippen LogP contribution >= 0.6 is 0 Å². The quantitative estimate of drug-likeness (QED) is 0.591. The van der Waals surface area contributed by atoms with E-state index in [4.69, 9.17) is 9.47 Å². The number of benzene rings is 1. The van der Waals surface area contributed by atoms with E-state index < -0.39 is 0 Å². The largest absolute Gasteiger partial charge is 0.353 e. The van der Waals surface area contributed by atoms with Gasteiger partial charge >= 0.3 is 0 Å². The maximum absolute atomic E-state index is 13.0. The average molecular weight is 236 g/mol. The third-order valence-electron chi connectivity index (χ3n) is 2.07. The third kappa shape index (κ3) is 5.48. The Hall–Kier alpha value is -1.37. The third-order valence-corrected chi connectivity index (χ3v) is 2.07. The smallest absolute Gasteiger partial charge is 0.156 e. The molecule has 0 amide bonds. The van der Waals surface area contributed by atoms with Gasteiger partial charge in [-0.1, -0.05) is 11.8 Å². The number of rotatable bonds is 4. The van der Waals surface area contributed by atoms with Crippen molar-refractivity contribution in [3.05, 3.63) is 35.1 Å². The molecule has 1 aromatic carbocycles. The van der Waals surface area contributed by atoms with Crippen LogP contribution in [0.15, 0.2) is 18.2 Å². The molecule has 0 N–H and O–H groups in total. The van der Waals surface area contributed by atoms with E-state index in [1.807, 2.05) is 26.8 Å². The van der Waals surface area contributed by atoms with Crippen molar-refractivity contribution < 1.29 is 13.9 Å². The maximum atomic E-state index is 13.0. The van der Waals surface area contributed by atoms with Crippen molar-refractivity contribution in [1.82, 2.24) is 0 Å². The van der Waals surface area contributed by atoms with E-state index in [1.54, 1.807) is 0 Å². The Kier molecular flexibility index (Phi) is 5.68. The predicted molar refractivity (Wildman–Crippen MR) is 65.1 cm³/mol. The minimum absolute atomic E-state index is 0.261. The van der Waals surface area contributed by atoms with E-state index in [0.29, 0.717) is 12.2 Å². The van der Waals surface area contributed by atoms with Crippen LogP contribution in [0.2, 0.25) is 0 Å². The van der Waals surface area contributed by atoms with Gasteiger partial charge in [-0.3, -0.25) is 0 Å². The zero-order valence-electron chi connectivity index (χ0n) is 10.4. The summed E-state index contributed by atoms with van der Waals surface area (Å²) in [5, 5.41) is 0. The second-order valence-corrected chi connectivity index (χ2v) is 3.65. The van der Waals surface area contributed by atoms with Crippen LogP contribution in [0.25, 0.3) is 0 Å². The molecule has 1 atom stereocenters. The highest BCUT2D eigenvalue weighted by Crippen LogP contribution is 2.06. The molecule has 0 saturated carbocycles. The molecule has 1 aromatic rings. The molecule has 1 rings (SSSR count). The number of aryl methyl sites for hydroxylation is 1. The van der Waals surface area contributed by atoms with Gasteiger partial charge in [0.05, 0.1) is 0 Å². The van der Waals surface area contributed by atoms with E-state index in [-0.39, 0.29) is 18.7 Å². The summed E-state index contributed by atoms with van der Waals surface area (Å²) in [7, 11) is 0. The number of hydrogen-bond donors (Lipinski definition) is 0. The summed E-state index contributed by atoms with van der Waals surface area (Å²) in [6.07, 6.45) is -0.261. The van der Waals surface area contributed by atoms with Gasteiger partial charge in [0.15, 0.2) is 6.29 Å². The molecule has 0 aromatic heterocycles. The van der Waals surface area contributed by atoms with Crippen LogP contribution in [0.1, 0.15) is 25.0 Å². The molecule has 0 aliphatic rings. The molecule has 0 radical (unpaired) electrons. The number of halogens is 1. The van der Waals surface area contributed by atoms with E-state index in [1.165, 1.54) is 12.1 Å². The minimum Gasteiger partial charge on any atom is -0.353 e. The topological polar surface area (TPSA) is 18.5 Å². The summed E-state index contributed by atoms with van der Waals surface area (Å²) in [4.78, 5) is 0. The number of hydrogen-bond acceptors (Lipinski definition) is 2. The van der Waals surface area contributed by atoms with E-state index in [2.05, 4.69) is 11.8 Å². The van der Waals surface area contributed by atoms with Crippen molar-refractivity contribution in [3.63, 3.8) is 0 Å². The monoisotopic (exact) mass is 236 g/mol. The van der Waals surface area contributed by atoms with Crippen LogP contribution in [0.3, 0.4) is 0 Å². The summed E-state index contributed by atoms with van der Waals surface area (Å²) in [6.45, 7) is 6.44. The first-order chi connectivity index (χ1) is 8.11. The van der Waals surface area contributed by atoms with Gasteiger partial charge in [-0.25, -0.2) is 4.39 Å². The fraction of sp³-hybridized carbons (Fsp3) is 0.429. The van der Waals surface area contributed by atoms with Gasteiger partial charge in [0.25, 0.3) is 0 Å². The fourth-order valence-corrected chi connectivity index (χ4v) is 1.39. The minimum atomic E-state index is -0.266. The molecule has 0 aliphatic heterocycles. The molecule has 1 unspecified atom stereocenters. The molecular weight excluding hydrogens is 219 g/mol. The van der Waals surface area contributed by atoms with Crippen LogP contribution in [0, 0.1) is 24.6 Å². The summed E-state index contributed by atoms with van der Waals surface area (Å²) < 4.78 is 23.5. The Morgan fingerprint density at radius 3 is 2.71 bits per heavy atom. The molecule has 0 fully saturated rings. The lowest BCUT2D eigenvalue weighted by Crippen LogP contribution is -2.12. The van der Waals surface area contributed by atoms with Crippen LogP contribution < -0.4 is 0 Å². The molecule has 0 saturated heterocycles. The number of ether oxygens (including phenoxy) is 2. The Labute approximate surface area is 102 Å². The van der Waals surface area contributed by atoms with Gasteiger partial charge in [0.2, 0.25) is 0 Å². The molecular formula is C14H17FO2. The van der Waals surface area contributed by atoms with Crippen LogP contribution in [-0.2, 0) is 9.47 Å². The Morgan fingerprint density at radius 2 is 2.06 bits per heavy atom. The van der Waals surface area contributed by atoms with Crippen molar-refractivity contribution in [3.8, 4) is 11.8 Å². The first-order valence-electron chi connectivity index (χ1n) is 5.61. The zero-order chi connectivity index (χ0) is 12.7. The van der Waals surface area contributed by atoms with Crippen LogP contribution in [0.4, 0.5) is 4.39 Å². The average Bonchev–Trinajstić information content (AvgIpc) is 2.23. The van der Waals surface area contributed by atoms with E-state index >= 15 is 0 Å². The summed E-state index contributed by atoms with van der Waals surface area (Å²) in [5.41, 5.74) is 1.52. The van der Waals surface area contributed by atoms with Crippen molar-refractivity contribution >= 4 is 0 Å². The molecule has 0 bridgehead atoms. The summed E-state index contributed by atoms with van der Waals surface area (Å²) in [6, 6.07) is 4.72. The van der Waals surface area contributed by atoms with Crippen molar-refractivity contribution in [2.45, 2.75) is 27.1 Å². The highest BCUT2D eigenvalue weighted by atomic mass is 19.1. The first kappa shape index (κ1) is 13.7. The van der Waals surface area contributed by atoms with Gasteiger partial charge in [-0.05, 0) is 44.5 Å². The van der Waals surface area contributed by atoms with Gasteiger partial charge in [0.1, 0.15) is 12.4 Å². The molecule has 2 nitrogen and oxygen atoms in total. The van der Waals surface area contributed by atoms with Crippen LogP contribution in [0.5, 0.6) is 0 Å². The fourth-order valence-electron chi connectivity index (χ4n) is 1.39. The molecule has 0 spiro atoms. The summed E-state index contributed by atoms with van der Waals surface area (Å²) in [5.74, 6) is 5.41. The lowest BCUT2D eigenvalue weighted by molar-refractivity contribution is -0.117. The molecule has 17 heavy (non-hydrogen) atoms.